The van der Waals surface area contributed by atoms with E-state index in [-0.39, 0.29) is 0 Å². The molecule has 2 aliphatic rings. The summed E-state index contributed by atoms with van der Waals surface area (Å²) < 4.78 is 0. The van der Waals surface area contributed by atoms with E-state index in [1.165, 1.54) is 42.1 Å². The van der Waals surface area contributed by atoms with Crippen LogP contribution in [0.2, 0.25) is 0 Å². The molecule has 1 N–H and O–H groups in total. The molecule has 0 aliphatic heterocycles. The summed E-state index contributed by atoms with van der Waals surface area (Å²) in [5.74, 6) is 3.43. The molecule has 2 unspecified atom stereocenters. The standard InChI is InChI=1S/C16H27N3S/c1-11(2)10-17-9-5-8-14-18-19-16(20-14)15-12-6-3-4-7-13(12)15/h11-13,15,17H,3-10H2,1-2H3. The lowest BCUT2D eigenvalue weighted by Crippen LogP contribution is -2.21. The van der Waals surface area contributed by atoms with Crippen LogP contribution in [0.15, 0.2) is 0 Å². The molecule has 0 bridgehead atoms. The maximum atomic E-state index is 4.48. The second-order valence-electron chi connectivity index (χ2n) is 6.87. The average Bonchev–Trinajstić information content (AvgIpc) is 2.99. The zero-order valence-corrected chi connectivity index (χ0v) is 13.6. The summed E-state index contributed by atoms with van der Waals surface area (Å²) in [5, 5.41) is 15.0. The molecule has 0 amide bonds. The normalized spacial score (nSPS) is 28.6. The topological polar surface area (TPSA) is 37.8 Å². The number of nitrogens with zero attached hydrogens (tertiary/aromatic N) is 2. The number of hydrogen-bond donors (Lipinski definition) is 1. The first-order valence-electron chi connectivity index (χ1n) is 8.28. The Labute approximate surface area is 126 Å². The van der Waals surface area contributed by atoms with E-state index >= 15 is 0 Å². The maximum absolute atomic E-state index is 4.48. The second kappa shape index (κ2) is 6.52. The predicted molar refractivity (Wildman–Crippen MR) is 84.1 cm³/mol. The summed E-state index contributed by atoms with van der Waals surface area (Å²) in [6.07, 6.45) is 8.01. The summed E-state index contributed by atoms with van der Waals surface area (Å²) in [6, 6.07) is 0. The lowest BCUT2D eigenvalue weighted by Gasteiger charge is -2.05. The fraction of sp³-hybridized carbons (Fsp3) is 0.875. The van der Waals surface area contributed by atoms with Crippen molar-refractivity contribution in [2.75, 3.05) is 13.1 Å². The van der Waals surface area contributed by atoms with E-state index < -0.39 is 0 Å². The zero-order chi connectivity index (χ0) is 13.9. The molecule has 1 heterocycles. The van der Waals surface area contributed by atoms with Crippen molar-refractivity contribution in [1.29, 1.82) is 0 Å². The number of hydrogen-bond acceptors (Lipinski definition) is 4. The van der Waals surface area contributed by atoms with E-state index in [9.17, 15) is 0 Å². The van der Waals surface area contributed by atoms with Crippen LogP contribution in [0.3, 0.4) is 0 Å². The second-order valence-corrected chi connectivity index (χ2v) is 7.97. The monoisotopic (exact) mass is 293 g/mol. The number of aryl methyl sites for hydroxylation is 1. The number of aromatic nitrogens is 2. The largest absolute Gasteiger partial charge is 0.316 e. The lowest BCUT2D eigenvalue weighted by molar-refractivity contribution is 0.480. The van der Waals surface area contributed by atoms with Gasteiger partial charge in [-0.15, -0.1) is 21.5 Å². The van der Waals surface area contributed by atoms with Gasteiger partial charge in [-0.25, -0.2) is 0 Å². The Morgan fingerprint density at radius 3 is 2.65 bits per heavy atom. The van der Waals surface area contributed by atoms with E-state index in [4.69, 9.17) is 0 Å². The summed E-state index contributed by atoms with van der Waals surface area (Å²) in [4.78, 5) is 0. The molecule has 1 aromatic heterocycles. The maximum Gasteiger partial charge on any atom is 0.121 e. The van der Waals surface area contributed by atoms with Crippen molar-refractivity contribution in [3.8, 4) is 0 Å². The summed E-state index contributed by atoms with van der Waals surface area (Å²) in [6.45, 7) is 6.72. The average molecular weight is 293 g/mol. The van der Waals surface area contributed by atoms with Gasteiger partial charge in [0, 0.05) is 12.3 Å². The lowest BCUT2D eigenvalue weighted by atomic mass is 10.0. The van der Waals surface area contributed by atoms with Gasteiger partial charge in [-0.1, -0.05) is 26.7 Å². The fourth-order valence-corrected chi connectivity index (χ4v) is 4.75. The molecule has 112 valence electrons. The first-order chi connectivity index (χ1) is 9.75. The third kappa shape index (κ3) is 3.40. The first-order valence-corrected chi connectivity index (χ1v) is 9.10. The van der Waals surface area contributed by atoms with Crippen LogP contribution in [0, 0.1) is 17.8 Å². The molecule has 3 rings (SSSR count). The molecule has 0 saturated heterocycles. The van der Waals surface area contributed by atoms with Gasteiger partial charge in [0.25, 0.3) is 0 Å². The van der Waals surface area contributed by atoms with E-state index in [0.29, 0.717) is 0 Å². The quantitative estimate of drug-likeness (QED) is 0.780. The molecule has 2 saturated carbocycles. The Morgan fingerprint density at radius 1 is 1.20 bits per heavy atom. The van der Waals surface area contributed by atoms with Crippen molar-refractivity contribution in [3.63, 3.8) is 0 Å². The third-order valence-corrected chi connectivity index (χ3v) is 5.81. The van der Waals surface area contributed by atoms with Crippen molar-refractivity contribution in [2.24, 2.45) is 17.8 Å². The van der Waals surface area contributed by atoms with E-state index in [1.54, 1.807) is 0 Å². The van der Waals surface area contributed by atoms with Crippen LogP contribution in [0.4, 0.5) is 0 Å². The highest BCUT2D eigenvalue weighted by Gasteiger charge is 2.52. The van der Waals surface area contributed by atoms with Crippen molar-refractivity contribution >= 4 is 11.3 Å². The molecule has 2 fully saturated rings. The van der Waals surface area contributed by atoms with Crippen molar-refractivity contribution in [3.05, 3.63) is 10.0 Å². The minimum absolute atomic E-state index is 0.737. The summed E-state index contributed by atoms with van der Waals surface area (Å²) >= 11 is 1.88. The van der Waals surface area contributed by atoms with E-state index in [1.807, 2.05) is 11.3 Å². The van der Waals surface area contributed by atoms with Gasteiger partial charge in [0.05, 0.1) is 0 Å². The van der Waals surface area contributed by atoms with E-state index in [0.717, 1.165) is 43.2 Å². The van der Waals surface area contributed by atoms with Gasteiger partial charge in [0.15, 0.2) is 0 Å². The van der Waals surface area contributed by atoms with Gasteiger partial charge in [0.1, 0.15) is 10.0 Å². The minimum Gasteiger partial charge on any atom is -0.316 e. The van der Waals surface area contributed by atoms with Gasteiger partial charge in [-0.3, -0.25) is 0 Å². The van der Waals surface area contributed by atoms with Crippen LogP contribution in [-0.2, 0) is 6.42 Å². The van der Waals surface area contributed by atoms with Gasteiger partial charge in [0.2, 0.25) is 0 Å². The van der Waals surface area contributed by atoms with Crippen LogP contribution in [0.5, 0.6) is 0 Å². The van der Waals surface area contributed by atoms with Crippen LogP contribution in [-0.4, -0.2) is 23.3 Å². The molecule has 0 spiro atoms. The van der Waals surface area contributed by atoms with Crippen LogP contribution in [0.25, 0.3) is 0 Å². The Balaban J connectivity index is 1.41. The van der Waals surface area contributed by atoms with Crippen LogP contribution in [0.1, 0.15) is 61.9 Å². The molecule has 3 nitrogen and oxygen atoms in total. The van der Waals surface area contributed by atoms with Crippen molar-refractivity contribution in [2.45, 2.75) is 58.3 Å². The highest BCUT2D eigenvalue weighted by Crippen LogP contribution is 2.61. The SMILES string of the molecule is CC(C)CNCCCc1nnc(C2C3CCCCC32)s1. The van der Waals surface area contributed by atoms with Gasteiger partial charge in [-0.2, -0.15) is 0 Å². The minimum atomic E-state index is 0.737. The number of fused-ring (bicyclic) bond motifs is 1. The van der Waals surface area contributed by atoms with Gasteiger partial charge in [-0.05, 0) is 50.1 Å². The molecule has 0 aromatic carbocycles. The molecule has 20 heavy (non-hydrogen) atoms. The van der Waals surface area contributed by atoms with Gasteiger partial charge >= 0.3 is 0 Å². The molecule has 2 atom stereocenters. The highest BCUT2D eigenvalue weighted by molar-refractivity contribution is 7.11. The molecule has 0 radical (unpaired) electrons. The smallest absolute Gasteiger partial charge is 0.121 e. The van der Waals surface area contributed by atoms with Crippen molar-refractivity contribution in [1.82, 2.24) is 15.5 Å². The Bertz CT molecular complexity index is 417. The first kappa shape index (κ1) is 14.5. The Morgan fingerprint density at radius 2 is 1.95 bits per heavy atom. The number of rotatable bonds is 7. The number of nitrogens with one attached hydrogen (secondary N) is 1. The Kier molecular flexibility index (Phi) is 4.72. The van der Waals surface area contributed by atoms with Crippen LogP contribution >= 0.6 is 11.3 Å². The summed E-state index contributed by atoms with van der Waals surface area (Å²) in [5.41, 5.74) is 0. The molecule has 1 aromatic rings. The van der Waals surface area contributed by atoms with Gasteiger partial charge < -0.3 is 5.32 Å². The van der Waals surface area contributed by atoms with Crippen molar-refractivity contribution < 1.29 is 0 Å². The third-order valence-electron chi connectivity index (χ3n) is 4.72. The summed E-state index contributed by atoms with van der Waals surface area (Å²) in [7, 11) is 0. The zero-order valence-electron chi connectivity index (χ0n) is 12.8. The fourth-order valence-electron chi connectivity index (χ4n) is 3.62. The Hall–Kier alpha value is -0.480. The highest BCUT2D eigenvalue weighted by atomic mass is 32.1. The molecule has 2 aliphatic carbocycles. The molecule has 4 heteroatoms. The van der Waals surface area contributed by atoms with E-state index in [2.05, 4.69) is 29.4 Å². The molecular weight excluding hydrogens is 266 g/mol. The molecular formula is C16H27N3S. The van der Waals surface area contributed by atoms with Crippen LogP contribution < -0.4 is 5.32 Å². The predicted octanol–water partition coefficient (Wildman–Crippen LogP) is 3.62.